The van der Waals surface area contributed by atoms with Crippen molar-refractivity contribution in [3.05, 3.63) is 46.9 Å². The second-order valence-electron chi connectivity index (χ2n) is 5.15. The number of hydrogen-bond acceptors (Lipinski definition) is 3. The van der Waals surface area contributed by atoms with Gasteiger partial charge in [0.2, 0.25) is 0 Å². The molecule has 1 aromatic carbocycles. The maximum atomic E-state index is 6.04. The van der Waals surface area contributed by atoms with E-state index >= 15 is 0 Å². The maximum absolute atomic E-state index is 6.04. The molecule has 3 nitrogen and oxygen atoms in total. The molecule has 106 valence electrons. The van der Waals surface area contributed by atoms with E-state index in [4.69, 9.17) is 11.6 Å². The van der Waals surface area contributed by atoms with Gasteiger partial charge in [0.05, 0.1) is 0 Å². The zero-order valence-corrected chi connectivity index (χ0v) is 12.9. The van der Waals surface area contributed by atoms with Gasteiger partial charge < -0.3 is 5.32 Å². The smallest absolute Gasteiger partial charge is 0.135 e. The summed E-state index contributed by atoms with van der Waals surface area (Å²) in [7, 11) is 0. The van der Waals surface area contributed by atoms with Gasteiger partial charge in [0.25, 0.3) is 0 Å². The van der Waals surface area contributed by atoms with Crippen molar-refractivity contribution in [3.63, 3.8) is 0 Å². The van der Waals surface area contributed by atoms with Gasteiger partial charge in [-0.25, -0.2) is 9.97 Å². The monoisotopic (exact) mass is 289 g/mol. The first kappa shape index (κ1) is 14.8. The molecule has 0 aliphatic rings. The van der Waals surface area contributed by atoms with E-state index in [2.05, 4.69) is 48.2 Å². The molecule has 0 saturated heterocycles. The third-order valence-corrected chi connectivity index (χ3v) is 3.23. The van der Waals surface area contributed by atoms with Crippen molar-refractivity contribution in [2.24, 2.45) is 0 Å². The summed E-state index contributed by atoms with van der Waals surface area (Å²) in [4.78, 5) is 8.71. The number of nitrogens with one attached hydrogen (secondary N) is 1. The van der Waals surface area contributed by atoms with Crippen LogP contribution in [0.5, 0.6) is 0 Å². The highest BCUT2D eigenvalue weighted by molar-refractivity contribution is 6.29. The SMILES string of the molecule is CCCc1nc(Cl)cc(Nc2cccc(C(C)C)c2)n1. The lowest BCUT2D eigenvalue weighted by Crippen LogP contribution is -2.01. The second kappa shape index (κ2) is 6.71. The minimum atomic E-state index is 0.478. The Hall–Kier alpha value is -1.61. The van der Waals surface area contributed by atoms with Crippen LogP contribution in [0.15, 0.2) is 30.3 Å². The Labute approximate surface area is 125 Å². The number of hydrogen-bond donors (Lipinski definition) is 1. The molecule has 0 aliphatic carbocycles. The average molecular weight is 290 g/mol. The van der Waals surface area contributed by atoms with Crippen molar-refractivity contribution < 1.29 is 0 Å². The molecule has 0 radical (unpaired) electrons. The predicted molar refractivity (Wildman–Crippen MR) is 84.9 cm³/mol. The highest BCUT2D eigenvalue weighted by Gasteiger charge is 2.05. The van der Waals surface area contributed by atoms with Gasteiger partial charge in [0, 0.05) is 18.2 Å². The van der Waals surface area contributed by atoms with Crippen LogP contribution in [0.25, 0.3) is 0 Å². The van der Waals surface area contributed by atoms with Gasteiger partial charge in [-0.3, -0.25) is 0 Å². The zero-order chi connectivity index (χ0) is 14.5. The molecule has 0 atom stereocenters. The number of anilines is 2. The third kappa shape index (κ3) is 3.94. The molecule has 0 aliphatic heterocycles. The summed E-state index contributed by atoms with van der Waals surface area (Å²) in [5.41, 5.74) is 2.32. The van der Waals surface area contributed by atoms with Crippen LogP contribution < -0.4 is 5.32 Å². The lowest BCUT2D eigenvalue weighted by molar-refractivity contribution is 0.836. The van der Waals surface area contributed by atoms with E-state index < -0.39 is 0 Å². The Bertz CT molecular complexity index is 582. The first-order valence-corrected chi connectivity index (χ1v) is 7.36. The lowest BCUT2D eigenvalue weighted by Gasteiger charge is -2.11. The minimum Gasteiger partial charge on any atom is -0.340 e. The van der Waals surface area contributed by atoms with E-state index in [1.165, 1.54) is 5.56 Å². The quantitative estimate of drug-likeness (QED) is 0.791. The number of aryl methyl sites for hydroxylation is 1. The number of aromatic nitrogens is 2. The molecule has 2 aromatic rings. The molecule has 0 fully saturated rings. The summed E-state index contributed by atoms with van der Waals surface area (Å²) in [6, 6.07) is 10.1. The van der Waals surface area contributed by atoms with Gasteiger partial charge in [0.15, 0.2) is 0 Å². The fraction of sp³-hybridized carbons (Fsp3) is 0.375. The van der Waals surface area contributed by atoms with Crippen molar-refractivity contribution in [1.82, 2.24) is 9.97 Å². The zero-order valence-electron chi connectivity index (χ0n) is 12.2. The summed E-state index contributed by atoms with van der Waals surface area (Å²) in [5.74, 6) is 2.03. The van der Waals surface area contributed by atoms with Crippen LogP contribution in [0, 0.1) is 0 Å². The lowest BCUT2D eigenvalue weighted by atomic mass is 10.0. The minimum absolute atomic E-state index is 0.478. The fourth-order valence-corrected chi connectivity index (χ4v) is 2.19. The molecular formula is C16H20ClN3. The van der Waals surface area contributed by atoms with Crippen LogP contribution in [0.2, 0.25) is 5.15 Å². The van der Waals surface area contributed by atoms with Gasteiger partial charge in [0.1, 0.15) is 16.8 Å². The molecule has 2 rings (SSSR count). The first-order valence-electron chi connectivity index (χ1n) is 6.99. The fourth-order valence-electron chi connectivity index (χ4n) is 1.99. The standard InChI is InChI=1S/C16H20ClN3/c1-4-6-15-19-14(17)10-16(20-15)18-13-8-5-7-12(9-13)11(2)3/h5,7-11H,4,6H2,1-3H3,(H,18,19,20). The van der Waals surface area contributed by atoms with Gasteiger partial charge in [-0.1, -0.05) is 44.5 Å². The van der Waals surface area contributed by atoms with E-state index in [-0.39, 0.29) is 0 Å². The molecule has 0 amide bonds. The van der Waals surface area contributed by atoms with E-state index in [1.54, 1.807) is 6.07 Å². The molecule has 1 aromatic heterocycles. The maximum Gasteiger partial charge on any atom is 0.135 e. The second-order valence-corrected chi connectivity index (χ2v) is 5.53. The summed E-state index contributed by atoms with van der Waals surface area (Å²) in [6.45, 7) is 6.46. The number of nitrogens with zero attached hydrogens (tertiary/aromatic N) is 2. The number of halogens is 1. The third-order valence-electron chi connectivity index (χ3n) is 3.04. The molecule has 4 heteroatoms. The molecular weight excluding hydrogens is 270 g/mol. The molecule has 1 heterocycles. The Morgan fingerprint density at radius 3 is 2.70 bits per heavy atom. The Balaban J connectivity index is 2.23. The van der Waals surface area contributed by atoms with Crippen molar-refractivity contribution in [3.8, 4) is 0 Å². The van der Waals surface area contributed by atoms with Crippen LogP contribution in [0.4, 0.5) is 11.5 Å². The molecule has 0 spiro atoms. The van der Waals surface area contributed by atoms with Crippen LogP contribution >= 0.6 is 11.6 Å². The highest BCUT2D eigenvalue weighted by Crippen LogP contribution is 2.22. The summed E-state index contributed by atoms with van der Waals surface area (Å²) < 4.78 is 0. The summed E-state index contributed by atoms with van der Waals surface area (Å²) in [6.07, 6.45) is 1.84. The highest BCUT2D eigenvalue weighted by atomic mass is 35.5. The number of rotatable bonds is 5. The molecule has 20 heavy (non-hydrogen) atoms. The van der Waals surface area contributed by atoms with E-state index in [0.717, 1.165) is 30.2 Å². The predicted octanol–water partition coefficient (Wildman–Crippen LogP) is 4.95. The normalized spacial score (nSPS) is 10.8. The number of benzene rings is 1. The summed E-state index contributed by atoms with van der Waals surface area (Å²) in [5, 5.41) is 3.78. The topological polar surface area (TPSA) is 37.8 Å². The first-order chi connectivity index (χ1) is 9.58. The van der Waals surface area contributed by atoms with Crippen molar-refractivity contribution >= 4 is 23.1 Å². The molecule has 0 unspecified atom stereocenters. The molecule has 1 N–H and O–H groups in total. The van der Waals surface area contributed by atoms with Gasteiger partial charge in [-0.2, -0.15) is 0 Å². The Morgan fingerprint density at radius 1 is 1.20 bits per heavy atom. The largest absolute Gasteiger partial charge is 0.340 e. The molecule has 0 saturated carbocycles. The van der Waals surface area contributed by atoms with Crippen molar-refractivity contribution in [1.29, 1.82) is 0 Å². The van der Waals surface area contributed by atoms with E-state index in [0.29, 0.717) is 11.1 Å². The van der Waals surface area contributed by atoms with Gasteiger partial charge >= 0.3 is 0 Å². The summed E-state index contributed by atoms with van der Waals surface area (Å²) >= 11 is 6.04. The van der Waals surface area contributed by atoms with Crippen LogP contribution in [-0.4, -0.2) is 9.97 Å². The van der Waals surface area contributed by atoms with E-state index in [1.807, 2.05) is 12.1 Å². The van der Waals surface area contributed by atoms with Crippen molar-refractivity contribution in [2.45, 2.75) is 39.5 Å². The van der Waals surface area contributed by atoms with Gasteiger partial charge in [-0.15, -0.1) is 0 Å². The van der Waals surface area contributed by atoms with Gasteiger partial charge in [-0.05, 0) is 30.0 Å². The van der Waals surface area contributed by atoms with Crippen molar-refractivity contribution in [2.75, 3.05) is 5.32 Å². The van der Waals surface area contributed by atoms with Crippen LogP contribution in [0.1, 0.15) is 44.5 Å². The van der Waals surface area contributed by atoms with Crippen LogP contribution in [-0.2, 0) is 6.42 Å². The Morgan fingerprint density at radius 2 is 2.00 bits per heavy atom. The molecule has 0 bridgehead atoms. The van der Waals surface area contributed by atoms with E-state index in [9.17, 15) is 0 Å². The average Bonchev–Trinajstić information content (AvgIpc) is 2.38. The van der Waals surface area contributed by atoms with Crippen LogP contribution in [0.3, 0.4) is 0 Å². The Kier molecular flexibility index (Phi) is 4.96.